The highest BCUT2D eigenvalue weighted by Crippen LogP contribution is 2.17. The molecule has 1 aromatic carbocycles. The van der Waals surface area contributed by atoms with E-state index in [-0.39, 0.29) is 5.56 Å². The lowest BCUT2D eigenvalue weighted by atomic mass is 10.1. The van der Waals surface area contributed by atoms with Gasteiger partial charge in [-0.25, -0.2) is 14.2 Å². The molecule has 0 aliphatic carbocycles. The number of terminal acetylenes is 1. The fraction of sp³-hybridized carbons (Fsp3) is 0.111. The molecule has 1 rings (SSSR count). The number of rotatable bonds is 2. The molecule has 2 nitrogen and oxygen atoms in total. The van der Waals surface area contributed by atoms with Gasteiger partial charge in [0.15, 0.2) is 11.6 Å². The van der Waals surface area contributed by atoms with Crippen molar-refractivity contribution in [1.29, 1.82) is 0 Å². The SMILES string of the molecule is C#CC(NN)c1cccc(F)c1F. The summed E-state index contributed by atoms with van der Waals surface area (Å²) in [5.74, 6) is 5.34. The average molecular weight is 182 g/mol. The number of halogens is 2. The molecule has 0 aliphatic heterocycles. The molecule has 1 aromatic rings. The Bertz CT molecular complexity index is 344. The van der Waals surface area contributed by atoms with Crippen LogP contribution in [0.15, 0.2) is 18.2 Å². The predicted octanol–water partition coefficient (Wildman–Crippen LogP) is 1.10. The first-order valence-corrected chi connectivity index (χ1v) is 3.57. The van der Waals surface area contributed by atoms with E-state index in [1.54, 1.807) is 0 Å². The first-order chi connectivity index (χ1) is 6.20. The summed E-state index contributed by atoms with van der Waals surface area (Å²) in [5.41, 5.74) is 2.23. The number of nitrogens with one attached hydrogen (secondary N) is 1. The zero-order valence-electron chi connectivity index (χ0n) is 6.72. The zero-order valence-corrected chi connectivity index (χ0v) is 6.72. The van der Waals surface area contributed by atoms with E-state index in [1.165, 1.54) is 12.1 Å². The van der Waals surface area contributed by atoms with Gasteiger partial charge in [0, 0.05) is 5.56 Å². The Hall–Kier alpha value is -1.44. The standard InChI is InChI=1S/C9H8F2N2/c1-2-8(13-12)6-4-3-5-7(10)9(6)11/h1,3-5,8,13H,12H2. The van der Waals surface area contributed by atoms with Gasteiger partial charge in [0.1, 0.15) is 6.04 Å². The molecule has 0 heterocycles. The van der Waals surface area contributed by atoms with Gasteiger partial charge in [-0.15, -0.1) is 6.42 Å². The molecule has 0 radical (unpaired) electrons. The molecule has 0 aromatic heterocycles. The monoisotopic (exact) mass is 182 g/mol. The molecule has 0 saturated heterocycles. The summed E-state index contributed by atoms with van der Waals surface area (Å²) in [7, 11) is 0. The molecular weight excluding hydrogens is 174 g/mol. The molecule has 0 aliphatic rings. The van der Waals surface area contributed by atoms with Gasteiger partial charge in [-0.1, -0.05) is 18.1 Å². The van der Waals surface area contributed by atoms with Gasteiger partial charge >= 0.3 is 0 Å². The lowest BCUT2D eigenvalue weighted by Gasteiger charge is -2.10. The number of hydrazine groups is 1. The largest absolute Gasteiger partial charge is 0.270 e. The Morgan fingerprint density at radius 2 is 2.15 bits per heavy atom. The van der Waals surface area contributed by atoms with E-state index < -0.39 is 17.7 Å². The van der Waals surface area contributed by atoms with Crippen LogP contribution in [0, 0.1) is 24.0 Å². The van der Waals surface area contributed by atoms with Crippen LogP contribution in [0.3, 0.4) is 0 Å². The first-order valence-electron chi connectivity index (χ1n) is 3.57. The van der Waals surface area contributed by atoms with Crippen molar-refractivity contribution >= 4 is 0 Å². The second kappa shape index (κ2) is 3.99. The molecule has 0 spiro atoms. The second-order valence-electron chi connectivity index (χ2n) is 2.41. The van der Waals surface area contributed by atoms with Gasteiger partial charge in [0.25, 0.3) is 0 Å². The Balaban J connectivity index is 3.15. The van der Waals surface area contributed by atoms with E-state index in [0.717, 1.165) is 6.07 Å². The van der Waals surface area contributed by atoms with Gasteiger partial charge in [-0.3, -0.25) is 5.84 Å². The Morgan fingerprint density at radius 1 is 1.46 bits per heavy atom. The zero-order chi connectivity index (χ0) is 9.84. The third kappa shape index (κ3) is 1.83. The minimum atomic E-state index is -0.969. The molecule has 13 heavy (non-hydrogen) atoms. The molecule has 4 heteroatoms. The minimum absolute atomic E-state index is 0.0324. The van der Waals surface area contributed by atoms with Crippen LogP contribution in [0.5, 0.6) is 0 Å². The maximum absolute atomic E-state index is 13.1. The lowest BCUT2D eigenvalue weighted by Crippen LogP contribution is -2.27. The molecular formula is C9H8F2N2. The van der Waals surface area contributed by atoms with Crippen molar-refractivity contribution in [3.8, 4) is 12.3 Å². The minimum Gasteiger partial charge on any atom is -0.270 e. The molecule has 0 amide bonds. The molecule has 68 valence electrons. The first kappa shape index (κ1) is 9.65. The quantitative estimate of drug-likeness (QED) is 0.408. The van der Waals surface area contributed by atoms with E-state index in [0.29, 0.717) is 0 Å². The van der Waals surface area contributed by atoms with Crippen molar-refractivity contribution in [1.82, 2.24) is 5.43 Å². The van der Waals surface area contributed by atoms with Crippen LogP contribution in [0.2, 0.25) is 0 Å². The van der Waals surface area contributed by atoms with Crippen LogP contribution in [0.25, 0.3) is 0 Å². The van der Waals surface area contributed by atoms with E-state index in [4.69, 9.17) is 12.3 Å². The maximum Gasteiger partial charge on any atom is 0.164 e. The highest BCUT2D eigenvalue weighted by molar-refractivity contribution is 5.27. The highest BCUT2D eigenvalue weighted by Gasteiger charge is 2.14. The Labute approximate surface area is 74.7 Å². The van der Waals surface area contributed by atoms with E-state index >= 15 is 0 Å². The molecule has 0 fully saturated rings. The smallest absolute Gasteiger partial charge is 0.164 e. The van der Waals surface area contributed by atoms with E-state index in [1.807, 2.05) is 0 Å². The van der Waals surface area contributed by atoms with Crippen LogP contribution >= 0.6 is 0 Å². The predicted molar refractivity (Wildman–Crippen MR) is 45.3 cm³/mol. The number of hydrogen-bond donors (Lipinski definition) is 2. The fourth-order valence-corrected chi connectivity index (χ4v) is 0.971. The van der Waals surface area contributed by atoms with Gasteiger partial charge in [-0.05, 0) is 6.07 Å². The number of nitrogens with two attached hydrogens (primary N) is 1. The molecule has 3 N–H and O–H groups in total. The van der Waals surface area contributed by atoms with Crippen LogP contribution in [-0.2, 0) is 0 Å². The van der Waals surface area contributed by atoms with Crippen LogP contribution in [-0.4, -0.2) is 0 Å². The van der Waals surface area contributed by atoms with Crippen LogP contribution in [0.1, 0.15) is 11.6 Å². The van der Waals surface area contributed by atoms with E-state index in [9.17, 15) is 8.78 Å². The summed E-state index contributed by atoms with van der Waals surface area (Å²) in [6.07, 6.45) is 5.05. The van der Waals surface area contributed by atoms with Crippen LogP contribution in [0.4, 0.5) is 8.78 Å². The average Bonchev–Trinajstić information content (AvgIpc) is 2.14. The van der Waals surface area contributed by atoms with Crippen LogP contribution < -0.4 is 11.3 Å². The third-order valence-corrected chi connectivity index (χ3v) is 1.63. The van der Waals surface area contributed by atoms with Crippen molar-refractivity contribution in [3.05, 3.63) is 35.4 Å². The van der Waals surface area contributed by atoms with Crippen molar-refractivity contribution in [2.75, 3.05) is 0 Å². The lowest BCUT2D eigenvalue weighted by molar-refractivity contribution is 0.487. The van der Waals surface area contributed by atoms with Crippen molar-refractivity contribution < 1.29 is 8.78 Å². The summed E-state index contributed by atoms with van der Waals surface area (Å²) in [5, 5.41) is 0. The summed E-state index contributed by atoms with van der Waals surface area (Å²) in [6, 6.07) is 2.96. The van der Waals surface area contributed by atoms with Crippen molar-refractivity contribution in [3.63, 3.8) is 0 Å². The topological polar surface area (TPSA) is 38.0 Å². The molecule has 0 bridgehead atoms. The summed E-state index contributed by atoms with van der Waals surface area (Å²) in [4.78, 5) is 0. The van der Waals surface area contributed by atoms with Crippen molar-refractivity contribution in [2.45, 2.75) is 6.04 Å². The maximum atomic E-state index is 13.1. The molecule has 0 saturated carbocycles. The van der Waals surface area contributed by atoms with Crippen molar-refractivity contribution in [2.24, 2.45) is 5.84 Å². The Morgan fingerprint density at radius 3 is 2.69 bits per heavy atom. The second-order valence-corrected chi connectivity index (χ2v) is 2.41. The van der Waals surface area contributed by atoms with Gasteiger partial charge < -0.3 is 0 Å². The van der Waals surface area contributed by atoms with Gasteiger partial charge in [-0.2, -0.15) is 0 Å². The van der Waals surface area contributed by atoms with E-state index in [2.05, 4.69) is 11.3 Å². The Kier molecular flexibility index (Phi) is 2.96. The molecule has 1 unspecified atom stereocenters. The fourth-order valence-electron chi connectivity index (χ4n) is 0.971. The highest BCUT2D eigenvalue weighted by atomic mass is 19.2. The summed E-state index contributed by atoms with van der Waals surface area (Å²) < 4.78 is 25.8. The van der Waals surface area contributed by atoms with Gasteiger partial charge in [0.2, 0.25) is 0 Å². The third-order valence-electron chi connectivity index (χ3n) is 1.63. The number of benzene rings is 1. The summed E-state index contributed by atoms with van der Waals surface area (Å²) in [6.45, 7) is 0. The number of hydrogen-bond acceptors (Lipinski definition) is 2. The van der Waals surface area contributed by atoms with Gasteiger partial charge in [0.05, 0.1) is 0 Å². The normalized spacial score (nSPS) is 12.2. The summed E-state index contributed by atoms with van der Waals surface area (Å²) >= 11 is 0. The molecule has 1 atom stereocenters.